The minimum absolute atomic E-state index is 0.374. The molecule has 0 unspecified atom stereocenters. The lowest BCUT2D eigenvalue weighted by atomic mass is 9.93. The van der Waals surface area contributed by atoms with E-state index in [2.05, 4.69) is 12.1 Å². The smallest absolute Gasteiger partial charge is 0.119 e. The fourth-order valence-corrected chi connectivity index (χ4v) is 3.47. The number of methoxy groups -OCH3 is 1. The molecular weight excluding hydrogens is 256 g/mol. The van der Waals surface area contributed by atoms with E-state index >= 15 is 0 Å². The molecule has 3 rings (SSSR count). The number of fused-ring (bicyclic) bond motifs is 3. The number of thiazole rings is 1. The number of benzene rings is 1. The van der Waals surface area contributed by atoms with Gasteiger partial charge in [-0.15, -0.1) is 11.3 Å². The molecule has 4 heteroatoms. The quantitative estimate of drug-likeness (QED) is 0.915. The first-order valence-electron chi connectivity index (χ1n) is 6.45. The fourth-order valence-electron chi connectivity index (χ4n) is 2.38. The molecule has 0 atom stereocenters. The minimum Gasteiger partial charge on any atom is -0.497 e. The van der Waals surface area contributed by atoms with E-state index in [1.165, 1.54) is 16.0 Å². The van der Waals surface area contributed by atoms with Crippen LogP contribution in [0.15, 0.2) is 18.2 Å². The van der Waals surface area contributed by atoms with E-state index in [1.807, 2.05) is 19.9 Å². The minimum atomic E-state index is -0.374. The summed E-state index contributed by atoms with van der Waals surface area (Å²) in [6, 6.07) is 6.24. The number of hydrogen-bond donors (Lipinski definition) is 1. The lowest BCUT2D eigenvalue weighted by molar-refractivity contribution is 0.415. The SMILES string of the molecule is COc1ccc2c(c1)-c1nc(C(C)(C)N)sc1CC2. The maximum absolute atomic E-state index is 6.17. The average Bonchev–Trinajstić information content (AvgIpc) is 2.82. The summed E-state index contributed by atoms with van der Waals surface area (Å²) >= 11 is 1.74. The van der Waals surface area contributed by atoms with Gasteiger partial charge < -0.3 is 10.5 Å². The van der Waals surface area contributed by atoms with Gasteiger partial charge in [0.25, 0.3) is 0 Å². The Morgan fingerprint density at radius 3 is 2.79 bits per heavy atom. The predicted octanol–water partition coefficient (Wildman–Crippen LogP) is 3.11. The second-order valence-corrected chi connectivity index (χ2v) is 6.62. The summed E-state index contributed by atoms with van der Waals surface area (Å²) in [5.74, 6) is 0.883. The Bertz CT molecular complexity index is 626. The topological polar surface area (TPSA) is 48.1 Å². The van der Waals surface area contributed by atoms with E-state index in [1.54, 1.807) is 18.4 Å². The largest absolute Gasteiger partial charge is 0.497 e. The number of nitrogens with two attached hydrogens (primary N) is 1. The molecule has 0 bridgehead atoms. The molecule has 3 nitrogen and oxygen atoms in total. The summed E-state index contributed by atoms with van der Waals surface area (Å²) in [5.41, 5.74) is 9.44. The molecular formula is C15H18N2OS. The first-order chi connectivity index (χ1) is 8.99. The fraction of sp³-hybridized carbons (Fsp3) is 0.400. The summed E-state index contributed by atoms with van der Waals surface area (Å²) < 4.78 is 5.32. The molecule has 19 heavy (non-hydrogen) atoms. The number of aromatic nitrogens is 1. The third kappa shape index (κ3) is 2.15. The van der Waals surface area contributed by atoms with Crippen molar-refractivity contribution < 1.29 is 4.74 Å². The van der Waals surface area contributed by atoms with Crippen molar-refractivity contribution in [2.75, 3.05) is 7.11 Å². The van der Waals surface area contributed by atoms with Crippen molar-refractivity contribution in [2.45, 2.75) is 32.2 Å². The van der Waals surface area contributed by atoms with Crippen LogP contribution in [0.5, 0.6) is 5.75 Å². The first kappa shape index (κ1) is 12.6. The van der Waals surface area contributed by atoms with E-state index in [0.717, 1.165) is 29.3 Å². The summed E-state index contributed by atoms with van der Waals surface area (Å²) in [6.45, 7) is 4.01. The van der Waals surface area contributed by atoms with Gasteiger partial charge in [-0.2, -0.15) is 0 Å². The molecule has 1 aromatic carbocycles. The molecule has 1 aliphatic rings. The van der Waals surface area contributed by atoms with Crippen LogP contribution in [0.1, 0.15) is 29.3 Å². The van der Waals surface area contributed by atoms with Crippen LogP contribution in [0.2, 0.25) is 0 Å². The van der Waals surface area contributed by atoms with Gasteiger partial charge in [0.05, 0.1) is 18.3 Å². The number of aryl methyl sites for hydroxylation is 2. The van der Waals surface area contributed by atoms with Gasteiger partial charge in [0.15, 0.2) is 0 Å². The molecule has 0 spiro atoms. The molecule has 0 saturated heterocycles. The molecule has 1 aromatic heterocycles. The second kappa shape index (κ2) is 4.32. The van der Waals surface area contributed by atoms with E-state index in [9.17, 15) is 0 Å². The van der Waals surface area contributed by atoms with Gasteiger partial charge >= 0.3 is 0 Å². The monoisotopic (exact) mass is 274 g/mol. The molecule has 2 aromatic rings. The highest BCUT2D eigenvalue weighted by atomic mass is 32.1. The van der Waals surface area contributed by atoms with Gasteiger partial charge in [-0.1, -0.05) is 6.07 Å². The van der Waals surface area contributed by atoms with E-state index < -0.39 is 0 Å². The van der Waals surface area contributed by atoms with Crippen molar-refractivity contribution in [1.82, 2.24) is 4.98 Å². The lowest BCUT2D eigenvalue weighted by Gasteiger charge is -2.15. The van der Waals surface area contributed by atoms with Crippen LogP contribution in [-0.2, 0) is 18.4 Å². The van der Waals surface area contributed by atoms with Crippen LogP contribution in [0.25, 0.3) is 11.3 Å². The van der Waals surface area contributed by atoms with Gasteiger partial charge in [0.1, 0.15) is 10.8 Å². The van der Waals surface area contributed by atoms with E-state index in [4.69, 9.17) is 15.5 Å². The average molecular weight is 274 g/mol. The summed E-state index contributed by atoms with van der Waals surface area (Å²) in [6.07, 6.45) is 2.13. The van der Waals surface area contributed by atoms with Gasteiger partial charge in [-0.25, -0.2) is 4.98 Å². The second-order valence-electron chi connectivity index (χ2n) is 5.54. The van der Waals surface area contributed by atoms with Crippen molar-refractivity contribution in [2.24, 2.45) is 5.73 Å². The Balaban J connectivity index is 2.15. The van der Waals surface area contributed by atoms with Crippen LogP contribution in [0, 0.1) is 0 Å². The molecule has 2 N–H and O–H groups in total. The number of rotatable bonds is 2. The standard InChI is InChI=1S/C15H18N2OS/c1-15(2,16)14-17-13-11-8-10(18-3)6-4-9(11)5-7-12(13)19-14/h4,6,8H,5,7,16H2,1-3H3. The molecule has 0 radical (unpaired) electrons. The maximum atomic E-state index is 6.17. The van der Waals surface area contributed by atoms with Gasteiger partial charge in [0.2, 0.25) is 0 Å². The van der Waals surface area contributed by atoms with Crippen LogP contribution < -0.4 is 10.5 Å². The van der Waals surface area contributed by atoms with Crippen LogP contribution >= 0.6 is 11.3 Å². The lowest BCUT2D eigenvalue weighted by Crippen LogP contribution is -2.28. The Labute approximate surface area is 117 Å². The van der Waals surface area contributed by atoms with Crippen LogP contribution in [-0.4, -0.2) is 12.1 Å². The third-order valence-corrected chi connectivity index (χ3v) is 4.90. The Hall–Kier alpha value is -1.39. The molecule has 0 aliphatic heterocycles. The van der Waals surface area contributed by atoms with E-state index in [-0.39, 0.29) is 5.54 Å². The third-order valence-electron chi connectivity index (χ3n) is 3.44. The van der Waals surface area contributed by atoms with Gasteiger partial charge in [0, 0.05) is 10.4 Å². The maximum Gasteiger partial charge on any atom is 0.119 e. The number of ether oxygens (including phenoxy) is 1. The molecule has 0 amide bonds. The Kier molecular flexibility index (Phi) is 2.87. The molecule has 1 aliphatic carbocycles. The Morgan fingerprint density at radius 1 is 1.32 bits per heavy atom. The molecule has 0 saturated carbocycles. The highest BCUT2D eigenvalue weighted by Gasteiger charge is 2.26. The number of nitrogens with zero attached hydrogens (tertiary/aromatic N) is 1. The molecule has 0 fully saturated rings. The summed E-state index contributed by atoms with van der Waals surface area (Å²) in [7, 11) is 1.70. The zero-order valence-corrected chi connectivity index (χ0v) is 12.3. The summed E-state index contributed by atoms with van der Waals surface area (Å²) in [5, 5.41) is 1.01. The highest BCUT2D eigenvalue weighted by Crippen LogP contribution is 2.39. The van der Waals surface area contributed by atoms with Crippen LogP contribution in [0.4, 0.5) is 0 Å². The Morgan fingerprint density at radius 2 is 2.11 bits per heavy atom. The van der Waals surface area contributed by atoms with Gasteiger partial charge in [-0.3, -0.25) is 0 Å². The zero-order valence-electron chi connectivity index (χ0n) is 11.5. The normalized spacial score (nSPS) is 13.9. The van der Waals surface area contributed by atoms with Crippen molar-refractivity contribution in [3.05, 3.63) is 33.6 Å². The van der Waals surface area contributed by atoms with Crippen molar-refractivity contribution >= 4 is 11.3 Å². The number of hydrogen-bond acceptors (Lipinski definition) is 4. The highest BCUT2D eigenvalue weighted by molar-refractivity contribution is 7.12. The van der Waals surface area contributed by atoms with Crippen molar-refractivity contribution in [1.29, 1.82) is 0 Å². The van der Waals surface area contributed by atoms with E-state index in [0.29, 0.717) is 0 Å². The van der Waals surface area contributed by atoms with Gasteiger partial charge in [-0.05, 0) is 44.4 Å². The predicted molar refractivity (Wildman–Crippen MR) is 78.7 cm³/mol. The van der Waals surface area contributed by atoms with Crippen molar-refractivity contribution in [3.8, 4) is 17.0 Å². The zero-order chi connectivity index (χ0) is 13.6. The summed E-state index contributed by atoms with van der Waals surface area (Å²) in [4.78, 5) is 6.12. The first-order valence-corrected chi connectivity index (χ1v) is 7.27. The van der Waals surface area contributed by atoms with Crippen molar-refractivity contribution in [3.63, 3.8) is 0 Å². The molecule has 100 valence electrons. The van der Waals surface area contributed by atoms with Crippen LogP contribution in [0.3, 0.4) is 0 Å². The molecule has 1 heterocycles.